The van der Waals surface area contributed by atoms with Crippen LogP contribution in [0.25, 0.3) is 0 Å². The number of ether oxygens (including phenoxy) is 2. The highest BCUT2D eigenvalue weighted by Crippen LogP contribution is 2.35. The quantitative estimate of drug-likeness (QED) is 0.701. The van der Waals surface area contributed by atoms with Crippen molar-refractivity contribution in [3.63, 3.8) is 0 Å². The number of benzene rings is 1. The van der Waals surface area contributed by atoms with Crippen molar-refractivity contribution in [2.24, 2.45) is 0 Å². The molecule has 0 spiro atoms. The number of aromatic hydroxyl groups is 1. The first-order valence-electron chi connectivity index (χ1n) is 6.37. The molecule has 1 rings (SSSR count). The molecule has 17 heavy (non-hydrogen) atoms. The molecule has 3 nitrogen and oxygen atoms in total. The Morgan fingerprint density at radius 1 is 0.941 bits per heavy atom. The van der Waals surface area contributed by atoms with Gasteiger partial charge in [-0.1, -0.05) is 32.8 Å². The smallest absolute Gasteiger partial charge is 0.200 e. The standard InChI is InChI=1S/C14H22O3/c1-3-5-10-16-12-8-7-9-13(14(12)15)17-11-6-4-2/h7-9,15H,3-6,10-11H2,1-2H3. The van der Waals surface area contributed by atoms with Gasteiger partial charge >= 0.3 is 0 Å². The second-order valence-corrected chi connectivity index (χ2v) is 4.01. The van der Waals surface area contributed by atoms with Crippen LogP contribution in [-0.2, 0) is 0 Å². The summed E-state index contributed by atoms with van der Waals surface area (Å²) >= 11 is 0. The topological polar surface area (TPSA) is 38.7 Å². The van der Waals surface area contributed by atoms with Gasteiger partial charge in [-0.05, 0) is 25.0 Å². The maximum atomic E-state index is 9.94. The van der Waals surface area contributed by atoms with Crippen molar-refractivity contribution in [3.05, 3.63) is 18.2 Å². The van der Waals surface area contributed by atoms with E-state index in [1.165, 1.54) is 0 Å². The molecule has 0 aliphatic heterocycles. The Kier molecular flexibility index (Phi) is 6.30. The lowest BCUT2D eigenvalue weighted by Crippen LogP contribution is -2.00. The van der Waals surface area contributed by atoms with E-state index in [-0.39, 0.29) is 5.75 Å². The van der Waals surface area contributed by atoms with E-state index >= 15 is 0 Å². The van der Waals surface area contributed by atoms with E-state index < -0.39 is 0 Å². The molecule has 1 aromatic rings. The van der Waals surface area contributed by atoms with Crippen LogP contribution >= 0.6 is 0 Å². The summed E-state index contributed by atoms with van der Waals surface area (Å²) in [5, 5.41) is 9.94. The minimum atomic E-state index is 0.111. The van der Waals surface area contributed by atoms with Gasteiger partial charge < -0.3 is 14.6 Å². The fraction of sp³-hybridized carbons (Fsp3) is 0.571. The summed E-state index contributed by atoms with van der Waals surface area (Å²) in [5.74, 6) is 1.12. The highest BCUT2D eigenvalue weighted by molar-refractivity contribution is 5.49. The molecule has 0 fully saturated rings. The van der Waals surface area contributed by atoms with Crippen molar-refractivity contribution in [1.82, 2.24) is 0 Å². The number of phenols is 1. The fourth-order valence-corrected chi connectivity index (χ4v) is 1.39. The van der Waals surface area contributed by atoms with Crippen LogP contribution in [0.1, 0.15) is 39.5 Å². The number of unbranched alkanes of at least 4 members (excludes halogenated alkanes) is 2. The van der Waals surface area contributed by atoms with Gasteiger partial charge in [-0.15, -0.1) is 0 Å². The third-order valence-corrected chi connectivity index (χ3v) is 2.47. The fourth-order valence-electron chi connectivity index (χ4n) is 1.39. The number of para-hydroxylation sites is 1. The molecule has 0 radical (unpaired) electrons. The molecule has 0 amide bonds. The van der Waals surface area contributed by atoms with E-state index in [0.29, 0.717) is 24.7 Å². The van der Waals surface area contributed by atoms with Crippen LogP contribution in [0.2, 0.25) is 0 Å². The SMILES string of the molecule is CCCCOc1cccc(OCCCC)c1O. The van der Waals surface area contributed by atoms with Crippen molar-refractivity contribution < 1.29 is 14.6 Å². The minimum Gasteiger partial charge on any atom is -0.502 e. The van der Waals surface area contributed by atoms with Crippen molar-refractivity contribution in [2.45, 2.75) is 39.5 Å². The molecule has 0 aliphatic rings. The van der Waals surface area contributed by atoms with Crippen LogP contribution in [-0.4, -0.2) is 18.3 Å². The number of hydrogen-bond donors (Lipinski definition) is 1. The number of rotatable bonds is 8. The third-order valence-electron chi connectivity index (χ3n) is 2.47. The van der Waals surface area contributed by atoms with E-state index in [2.05, 4.69) is 13.8 Å². The molecule has 0 heterocycles. The minimum absolute atomic E-state index is 0.111. The maximum absolute atomic E-state index is 9.94. The van der Waals surface area contributed by atoms with Crippen molar-refractivity contribution >= 4 is 0 Å². The summed E-state index contributed by atoms with van der Waals surface area (Å²) in [5.41, 5.74) is 0. The van der Waals surface area contributed by atoms with Gasteiger partial charge in [0.25, 0.3) is 0 Å². The first kappa shape index (κ1) is 13.7. The molecule has 0 bridgehead atoms. The van der Waals surface area contributed by atoms with Gasteiger partial charge in [-0.3, -0.25) is 0 Å². The van der Waals surface area contributed by atoms with Gasteiger partial charge in [0.15, 0.2) is 11.5 Å². The van der Waals surface area contributed by atoms with Gasteiger partial charge in [0.2, 0.25) is 5.75 Å². The maximum Gasteiger partial charge on any atom is 0.200 e. The molecule has 1 aromatic carbocycles. The molecular formula is C14H22O3. The van der Waals surface area contributed by atoms with E-state index in [1.54, 1.807) is 12.1 Å². The third kappa shape index (κ3) is 4.55. The van der Waals surface area contributed by atoms with Crippen LogP contribution in [0.3, 0.4) is 0 Å². The Hall–Kier alpha value is -1.38. The van der Waals surface area contributed by atoms with Crippen LogP contribution < -0.4 is 9.47 Å². The van der Waals surface area contributed by atoms with Crippen LogP contribution in [0.15, 0.2) is 18.2 Å². The van der Waals surface area contributed by atoms with Crippen molar-refractivity contribution in [1.29, 1.82) is 0 Å². The predicted octanol–water partition coefficient (Wildman–Crippen LogP) is 3.75. The summed E-state index contributed by atoms with van der Waals surface area (Å²) in [6, 6.07) is 5.36. The molecule has 96 valence electrons. The first-order chi connectivity index (χ1) is 8.29. The van der Waals surface area contributed by atoms with Gasteiger partial charge in [0.05, 0.1) is 13.2 Å². The molecule has 0 aromatic heterocycles. The van der Waals surface area contributed by atoms with Gasteiger partial charge in [0, 0.05) is 0 Å². The zero-order valence-corrected chi connectivity index (χ0v) is 10.7. The predicted molar refractivity (Wildman–Crippen MR) is 68.9 cm³/mol. The zero-order valence-electron chi connectivity index (χ0n) is 10.7. The average molecular weight is 238 g/mol. The highest BCUT2D eigenvalue weighted by atomic mass is 16.5. The van der Waals surface area contributed by atoms with Crippen LogP contribution in [0, 0.1) is 0 Å². The van der Waals surface area contributed by atoms with Gasteiger partial charge in [-0.25, -0.2) is 0 Å². The zero-order chi connectivity index (χ0) is 12.5. The van der Waals surface area contributed by atoms with Crippen molar-refractivity contribution in [2.75, 3.05) is 13.2 Å². The Balaban J connectivity index is 2.56. The summed E-state index contributed by atoms with van der Waals surface area (Å²) in [6.45, 7) is 5.46. The Bertz CT molecular complexity index is 295. The largest absolute Gasteiger partial charge is 0.502 e. The van der Waals surface area contributed by atoms with Crippen molar-refractivity contribution in [3.8, 4) is 17.2 Å². The summed E-state index contributed by atoms with van der Waals surface area (Å²) in [4.78, 5) is 0. The normalized spacial score (nSPS) is 10.2. The molecule has 0 saturated carbocycles. The van der Waals surface area contributed by atoms with Gasteiger partial charge in [-0.2, -0.15) is 0 Å². The van der Waals surface area contributed by atoms with E-state index in [0.717, 1.165) is 25.7 Å². The molecule has 0 aliphatic carbocycles. The average Bonchev–Trinajstić information content (AvgIpc) is 2.34. The molecule has 0 atom stereocenters. The number of phenolic OH excluding ortho intramolecular Hbond substituents is 1. The lowest BCUT2D eigenvalue weighted by atomic mass is 10.3. The van der Waals surface area contributed by atoms with Gasteiger partial charge in [0.1, 0.15) is 0 Å². The summed E-state index contributed by atoms with van der Waals surface area (Å²) < 4.78 is 11.0. The number of hydrogen-bond acceptors (Lipinski definition) is 3. The molecule has 1 N–H and O–H groups in total. The lowest BCUT2D eigenvalue weighted by Gasteiger charge is -2.11. The molecule has 3 heteroatoms. The second kappa shape index (κ2) is 7.82. The molecule has 0 unspecified atom stereocenters. The van der Waals surface area contributed by atoms with E-state index in [1.807, 2.05) is 6.07 Å². The van der Waals surface area contributed by atoms with Crippen LogP contribution in [0.4, 0.5) is 0 Å². The summed E-state index contributed by atoms with van der Waals surface area (Å²) in [7, 11) is 0. The van der Waals surface area contributed by atoms with E-state index in [9.17, 15) is 5.11 Å². The Morgan fingerprint density at radius 2 is 1.41 bits per heavy atom. The highest BCUT2D eigenvalue weighted by Gasteiger charge is 2.08. The Labute approximate surface area is 103 Å². The van der Waals surface area contributed by atoms with E-state index in [4.69, 9.17) is 9.47 Å². The lowest BCUT2D eigenvalue weighted by molar-refractivity contribution is 0.267. The monoisotopic (exact) mass is 238 g/mol. The summed E-state index contributed by atoms with van der Waals surface area (Å²) in [6.07, 6.45) is 4.13. The first-order valence-corrected chi connectivity index (χ1v) is 6.37. The second-order valence-electron chi connectivity index (χ2n) is 4.01. The van der Waals surface area contributed by atoms with Crippen LogP contribution in [0.5, 0.6) is 17.2 Å². The molecular weight excluding hydrogens is 216 g/mol. The molecule has 0 saturated heterocycles. The Morgan fingerprint density at radius 3 is 1.82 bits per heavy atom.